The average molecular weight is 512 g/mol. The number of likely N-dealkylation sites (tertiary alicyclic amines) is 1. The number of amides is 2. The third-order valence-corrected chi connectivity index (χ3v) is 9.35. The van der Waals surface area contributed by atoms with E-state index in [9.17, 15) is 9.59 Å². The van der Waals surface area contributed by atoms with Gasteiger partial charge in [0.1, 0.15) is 22.2 Å². The Morgan fingerprint density at radius 1 is 1.19 bits per heavy atom. The van der Waals surface area contributed by atoms with E-state index in [2.05, 4.69) is 45.7 Å². The van der Waals surface area contributed by atoms with Crippen LogP contribution >= 0.6 is 11.8 Å². The molecule has 2 heterocycles. The summed E-state index contributed by atoms with van der Waals surface area (Å²) in [7, 11) is 0. The van der Waals surface area contributed by atoms with E-state index in [1.807, 2.05) is 6.92 Å². The van der Waals surface area contributed by atoms with Crippen molar-refractivity contribution in [2.45, 2.75) is 80.5 Å². The van der Waals surface area contributed by atoms with Crippen LogP contribution in [-0.4, -0.2) is 76.5 Å². The summed E-state index contributed by atoms with van der Waals surface area (Å²) < 4.78 is 0. The number of hydrogen-bond donors (Lipinski definition) is 3. The van der Waals surface area contributed by atoms with E-state index >= 15 is 0 Å². The molecule has 1 aromatic rings. The molecular weight excluding hydrogens is 470 g/mol. The summed E-state index contributed by atoms with van der Waals surface area (Å²) >= 11 is 1.47. The van der Waals surface area contributed by atoms with E-state index in [1.54, 1.807) is 4.90 Å². The van der Waals surface area contributed by atoms with E-state index in [1.165, 1.54) is 43.3 Å². The molecule has 196 valence electrons. The van der Waals surface area contributed by atoms with Crippen molar-refractivity contribution in [2.24, 2.45) is 5.73 Å². The summed E-state index contributed by atoms with van der Waals surface area (Å²) in [6, 6.07) is 7.67. The molecule has 3 fully saturated rings. The first-order valence-electron chi connectivity index (χ1n) is 13.5. The molecule has 0 spiro atoms. The van der Waals surface area contributed by atoms with Crippen molar-refractivity contribution in [1.29, 1.82) is 0 Å². The van der Waals surface area contributed by atoms with E-state index in [0.29, 0.717) is 13.1 Å². The number of rotatable bonds is 10. The van der Waals surface area contributed by atoms with Crippen LogP contribution in [0, 0.1) is 12.3 Å². The minimum absolute atomic E-state index is 0.0230. The van der Waals surface area contributed by atoms with Crippen LogP contribution in [0.25, 0.3) is 0 Å². The molecule has 1 aliphatic carbocycles. The highest BCUT2D eigenvalue weighted by molar-refractivity contribution is 8.01. The van der Waals surface area contributed by atoms with Crippen molar-refractivity contribution in [3.8, 4) is 12.3 Å². The molecule has 8 heteroatoms. The van der Waals surface area contributed by atoms with Crippen molar-refractivity contribution in [3.63, 3.8) is 0 Å². The predicted octanol–water partition coefficient (Wildman–Crippen LogP) is 2.81. The molecule has 3 aliphatic rings. The summed E-state index contributed by atoms with van der Waals surface area (Å²) in [5.41, 5.74) is 8.13. The highest BCUT2D eigenvalue weighted by atomic mass is 32.2. The number of hydrogen-bond acceptors (Lipinski definition) is 6. The fourth-order valence-corrected chi connectivity index (χ4v) is 7.02. The van der Waals surface area contributed by atoms with Gasteiger partial charge in [-0.2, -0.15) is 0 Å². The number of benzene rings is 1. The van der Waals surface area contributed by atoms with Gasteiger partial charge in [-0.05, 0) is 69.8 Å². The predicted molar refractivity (Wildman–Crippen MR) is 148 cm³/mol. The second-order valence-corrected chi connectivity index (χ2v) is 11.6. The molecule has 0 radical (unpaired) electrons. The lowest BCUT2D eigenvalue weighted by molar-refractivity contribution is -0.131. The minimum atomic E-state index is -0.828. The van der Waals surface area contributed by atoms with Crippen molar-refractivity contribution in [2.75, 3.05) is 38.0 Å². The molecular formula is C28H41N5O2S. The lowest BCUT2D eigenvalue weighted by Gasteiger charge is -2.35. The monoisotopic (exact) mass is 511 g/mol. The van der Waals surface area contributed by atoms with Crippen LogP contribution in [0.4, 0.5) is 5.69 Å². The number of thioether (sulfide) groups is 1. The normalized spacial score (nSPS) is 24.9. The molecule has 2 amide bonds. The lowest BCUT2D eigenvalue weighted by atomic mass is 9.82. The Morgan fingerprint density at radius 3 is 2.53 bits per heavy atom. The third kappa shape index (κ3) is 6.37. The third-order valence-electron chi connectivity index (χ3n) is 7.83. The summed E-state index contributed by atoms with van der Waals surface area (Å²) in [4.78, 5) is 30.4. The lowest BCUT2D eigenvalue weighted by Crippen LogP contribution is -2.58. The van der Waals surface area contributed by atoms with Gasteiger partial charge >= 0.3 is 0 Å². The van der Waals surface area contributed by atoms with E-state index in [4.69, 9.17) is 12.2 Å². The molecule has 36 heavy (non-hydrogen) atoms. The van der Waals surface area contributed by atoms with Crippen molar-refractivity contribution in [1.82, 2.24) is 15.1 Å². The maximum Gasteiger partial charge on any atom is 0.241 e. The van der Waals surface area contributed by atoms with Crippen molar-refractivity contribution < 1.29 is 9.59 Å². The van der Waals surface area contributed by atoms with Crippen LogP contribution in [0.15, 0.2) is 24.3 Å². The number of likely N-dealkylation sites (N-methyl/N-ethyl adjacent to an activating group) is 1. The summed E-state index contributed by atoms with van der Waals surface area (Å²) in [6.07, 6.45) is 14.2. The Kier molecular flexibility index (Phi) is 9.21. The SMILES string of the molecule is C#CC1(NC(=O)[C@@H](N)C2S[C@H](CNc3ccc(CCN4CCCC4)cc3)C(=O)N2CC)CCCCC1. The van der Waals surface area contributed by atoms with Gasteiger partial charge in [0.2, 0.25) is 11.8 Å². The number of anilines is 1. The maximum atomic E-state index is 13.1. The zero-order valence-corrected chi connectivity index (χ0v) is 22.3. The number of carbonyl (C=O) groups excluding carboxylic acids is 2. The molecule has 0 bridgehead atoms. The Bertz CT molecular complexity index is 934. The van der Waals surface area contributed by atoms with Gasteiger partial charge < -0.3 is 26.2 Å². The maximum absolute atomic E-state index is 13.1. The standard InChI is InChI=1S/C28H41N5O2S/c1-3-28(15-6-5-7-16-28)31-25(34)24(29)27-33(4-2)26(35)23(36-27)20-30-22-12-10-21(11-13-22)14-19-32-17-8-9-18-32/h1,10-13,23-24,27,30H,4-9,14-20,29H2,2H3,(H,31,34)/t23-,24-,27?/m1/s1. The van der Waals surface area contributed by atoms with Gasteiger partial charge in [-0.15, -0.1) is 18.2 Å². The van der Waals surface area contributed by atoms with Gasteiger partial charge in [-0.3, -0.25) is 9.59 Å². The van der Waals surface area contributed by atoms with Crippen molar-refractivity contribution >= 4 is 29.3 Å². The quantitative estimate of drug-likeness (QED) is 0.419. The Balaban J connectivity index is 1.30. The van der Waals surface area contributed by atoms with E-state index in [0.717, 1.165) is 50.8 Å². The molecule has 2 saturated heterocycles. The number of nitrogens with zero attached hydrogens (tertiary/aromatic N) is 2. The van der Waals surface area contributed by atoms with Crippen LogP contribution < -0.4 is 16.4 Å². The molecule has 0 aromatic heterocycles. The molecule has 1 unspecified atom stereocenters. The summed E-state index contributed by atoms with van der Waals surface area (Å²) in [5, 5.41) is 5.77. The number of carbonyl (C=O) groups is 2. The molecule has 1 aromatic carbocycles. The van der Waals surface area contributed by atoms with E-state index in [-0.39, 0.29) is 17.1 Å². The first-order valence-corrected chi connectivity index (χ1v) is 14.5. The molecule has 4 rings (SSSR count). The van der Waals surface area contributed by atoms with Gasteiger partial charge in [0.05, 0.1) is 0 Å². The minimum Gasteiger partial charge on any atom is -0.383 e. The molecule has 1 saturated carbocycles. The highest BCUT2D eigenvalue weighted by Crippen LogP contribution is 2.34. The molecule has 3 atom stereocenters. The summed E-state index contributed by atoms with van der Waals surface area (Å²) in [6.45, 7) is 6.49. The Labute approximate surface area is 220 Å². The van der Waals surface area contributed by atoms with Crippen molar-refractivity contribution in [3.05, 3.63) is 29.8 Å². The van der Waals surface area contributed by atoms with Crippen LogP contribution in [0.2, 0.25) is 0 Å². The topological polar surface area (TPSA) is 90.7 Å². The number of nitrogens with two attached hydrogens (primary N) is 1. The number of terminal acetylenes is 1. The molecule has 4 N–H and O–H groups in total. The summed E-state index contributed by atoms with van der Waals surface area (Å²) in [5.74, 6) is 2.57. The van der Waals surface area contributed by atoms with Gasteiger partial charge in [-0.25, -0.2) is 0 Å². The van der Waals surface area contributed by atoms with Crippen LogP contribution in [0.1, 0.15) is 57.4 Å². The van der Waals surface area contributed by atoms with Gasteiger partial charge in [0.15, 0.2) is 0 Å². The largest absolute Gasteiger partial charge is 0.383 e. The van der Waals surface area contributed by atoms with Gasteiger partial charge in [0, 0.05) is 25.3 Å². The van der Waals surface area contributed by atoms with E-state index < -0.39 is 17.0 Å². The molecule has 7 nitrogen and oxygen atoms in total. The second-order valence-electron chi connectivity index (χ2n) is 10.3. The zero-order chi connectivity index (χ0) is 25.5. The van der Waals surface area contributed by atoms with Crippen LogP contribution in [0.5, 0.6) is 0 Å². The first-order chi connectivity index (χ1) is 17.4. The average Bonchev–Trinajstić information content (AvgIpc) is 3.54. The van der Waals surface area contributed by atoms with Gasteiger partial charge in [0.25, 0.3) is 0 Å². The smallest absolute Gasteiger partial charge is 0.241 e. The second kappa shape index (κ2) is 12.4. The first kappa shape index (κ1) is 26.8. The van der Waals surface area contributed by atoms with Gasteiger partial charge in [-0.1, -0.05) is 37.3 Å². The fourth-order valence-electron chi connectivity index (χ4n) is 5.56. The number of nitrogens with one attached hydrogen (secondary N) is 2. The Morgan fingerprint density at radius 2 is 1.89 bits per heavy atom. The zero-order valence-electron chi connectivity index (χ0n) is 21.5. The van der Waals surface area contributed by atoms with Crippen LogP contribution in [0.3, 0.4) is 0 Å². The highest BCUT2D eigenvalue weighted by Gasteiger charge is 2.45. The Hall–Kier alpha value is -2.21. The van der Waals surface area contributed by atoms with Crippen LogP contribution in [-0.2, 0) is 16.0 Å². The fraction of sp³-hybridized carbons (Fsp3) is 0.643. The molecule has 2 aliphatic heterocycles.